The minimum absolute atomic E-state index is 0. The van der Waals surface area contributed by atoms with Gasteiger partial charge in [0.25, 0.3) is 11.4 Å². The van der Waals surface area contributed by atoms with Gasteiger partial charge in [0.2, 0.25) is 0 Å². The zero-order valence-electron chi connectivity index (χ0n) is 21.7. The van der Waals surface area contributed by atoms with E-state index in [1.165, 1.54) is 10.5 Å². The third-order valence-electron chi connectivity index (χ3n) is 7.90. The van der Waals surface area contributed by atoms with Gasteiger partial charge in [0.1, 0.15) is 5.54 Å². The van der Waals surface area contributed by atoms with Gasteiger partial charge in [-0.15, -0.1) is 12.4 Å². The molecular weight excluding hydrogens is 472 g/mol. The van der Waals surface area contributed by atoms with Crippen LogP contribution in [-0.2, 0) is 15.9 Å². The second kappa shape index (κ2) is 11.0. The molecule has 1 unspecified atom stereocenters. The van der Waals surface area contributed by atoms with Crippen molar-refractivity contribution in [3.8, 4) is 0 Å². The topological polar surface area (TPSA) is 57.0 Å². The van der Waals surface area contributed by atoms with Gasteiger partial charge in [0.15, 0.2) is 0 Å². The quantitative estimate of drug-likeness (QED) is 0.401. The van der Waals surface area contributed by atoms with Crippen LogP contribution in [0.5, 0.6) is 0 Å². The van der Waals surface area contributed by atoms with Crippen LogP contribution in [0.1, 0.15) is 55.4 Å². The van der Waals surface area contributed by atoms with Gasteiger partial charge < -0.3 is 15.1 Å². The van der Waals surface area contributed by atoms with Crippen LogP contribution in [0.2, 0.25) is 0 Å². The Balaban J connectivity index is 0.00000361. The Labute approximate surface area is 221 Å². The second-order valence-electron chi connectivity index (χ2n) is 10.4. The summed E-state index contributed by atoms with van der Waals surface area (Å²) in [5, 5.41) is 3.02. The van der Waals surface area contributed by atoms with Crippen molar-refractivity contribution in [1.29, 1.82) is 0 Å². The Kier molecular flexibility index (Phi) is 8.48. The summed E-state index contributed by atoms with van der Waals surface area (Å²) >= 11 is 0. The van der Waals surface area contributed by atoms with E-state index in [4.69, 9.17) is 6.57 Å². The molecule has 2 fully saturated rings. The number of urea groups is 1. The summed E-state index contributed by atoms with van der Waals surface area (Å²) in [7, 11) is 0. The minimum atomic E-state index is -1.02. The molecule has 3 amide bonds. The Morgan fingerprint density at radius 3 is 2.22 bits per heavy atom. The number of piperidine rings is 1. The lowest BCUT2D eigenvalue weighted by Gasteiger charge is -2.35. The van der Waals surface area contributed by atoms with E-state index < -0.39 is 11.1 Å². The van der Waals surface area contributed by atoms with Crippen molar-refractivity contribution in [2.24, 2.45) is 5.92 Å². The van der Waals surface area contributed by atoms with Crippen LogP contribution in [-0.4, -0.2) is 47.9 Å². The monoisotopic (exact) mass is 508 g/mol. The highest BCUT2D eigenvalue weighted by molar-refractivity contribution is 6.07. The van der Waals surface area contributed by atoms with Crippen molar-refractivity contribution in [2.45, 2.75) is 58.0 Å². The molecule has 2 aliphatic heterocycles. The first-order valence-electron chi connectivity index (χ1n) is 12.6. The van der Waals surface area contributed by atoms with E-state index in [2.05, 4.69) is 34.1 Å². The molecule has 0 saturated carbocycles. The fourth-order valence-electron chi connectivity index (χ4n) is 5.67. The number of hydrogen-bond donors (Lipinski definition) is 1. The number of amides is 3. The van der Waals surface area contributed by atoms with Crippen LogP contribution in [0.25, 0.3) is 4.85 Å². The number of imide groups is 1. The summed E-state index contributed by atoms with van der Waals surface area (Å²) in [5.41, 5.74) is 2.82. The second-order valence-corrected chi connectivity index (χ2v) is 10.4. The third kappa shape index (κ3) is 4.87. The lowest BCUT2D eigenvalue weighted by Crippen LogP contribution is -2.48. The van der Waals surface area contributed by atoms with Crippen LogP contribution in [0.4, 0.5) is 4.79 Å². The molecule has 0 bridgehead atoms. The van der Waals surface area contributed by atoms with Gasteiger partial charge in [0.05, 0.1) is 0 Å². The molecule has 1 N–H and O–H groups in total. The highest BCUT2D eigenvalue weighted by Gasteiger charge is 2.54. The number of benzene rings is 2. The summed E-state index contributed by atoms with van der Waals surface area (Å²) in [6.07, 6.45) is 2.32. The molecule has 2 aliphatic rings. The molecule has 1 atom stereocenters. The number of nitrogens with zero attached hydrogens (tertiary/aromatic N) is 3. The Bertz CT molecular complexity index is 1130. The molecule has 36 heavy (non-hydrogen) atoms. The van der Waals surface area contributed by atoms with E-state index in [0.717, 1.165) is 55.6 Å². The van der Waals surface area contributed by atoms with Gasteiger partial charge in [-0.2, -0.15) is 0 Å². The normalized spacial score (nSPS) is 21.7. The van der Waals surface area contributed by atoms with Crippen LogP contribution in [0, 0.1) is 26.3 Å². The van der Waals surface area contributed by atoms with E-state index in [9.17, 15) is 9.59 Å². The first kappa shape index (κ1) is 27.7. The summed E-state index contributed by atoms with van der Waals surface area (Å²) in [5.74, 6) is -0.233. The highest BCUT2D eigenvalue weighted by atomic mass is 35.5. The van der Waals surface area contributed by atoms with Crippen LogP contribution in [0.15, 0.2) is 48.5 Å². The maximum atomic E-state index is 13.6. The minimum Gasteiger partial charge on any atom is -0.319 e. The maximum Gasteiger partial charge on any atom is 0.325 e. The van der Waals surface area contributed by atoms with Crippen molar-refractivity contribution < 1.29 is 9.59 Å². The number of rotatable bonds is 7. The molecule has 6 nitrogen and oxygen atoms in total. The molecule has 0 spiro atoms. The number of likely N-dealkylation sites (tertiary alicyclic amines) is 1. The van der Waals surface area contributed by atoms with Gasteiger partial charge >= 0.3 is 6.03 Å². The van der Waals surface area contributed by atoms with E-state index in [1.54, 1.807) is 0 Å². The Morgan fingerprint density at radius 2 is 1.64 bits per heavy atom. The summed E-state index contributed by atoms with van der Waals surface area (Å²) in [6.45, 7) is 18.9. The molecule has 0 aromatic heterocycles. The molecule has 2 heterocycles. The number of nitrogens with one attached hydrogen (secondary N) is 1. The predicted molar refractivity (Wildman–Crippen MR) is 145 cm³/mol. The van der Waals surface area contributed by atoms with Crippen LogP contribution in [0.3, 0.4) is 0 Å². The van der Waals surface area contributed by atoms with Gasteiger partial charge in [0, 0.05) is 38.0 Å². The smallest absolute Gasteiger partial charge is 0.319 e. The third-order valence-corrected chi connectivity index (χ3v) is 7.90. The van der Waals surface area contributed by atoms with Crippen molar-refractivity contribution in [2.75, 3.05) is 26.2 Å². The largest absolute Gasteiger partial charge is 0.325 e. The molecule has 2 aromatic carbocycles. The number of carbonyl (C=O) groups is 2. The summed E-state index contributed by atoms with van der Waals surface area (Å²) < 4.78 is 0. The van der Waals surface area contributed by atoms with Crippen molar-refractivity contribution in [3.63, 3.8) is 0 Å². The molecular formula is C29H37ClN4O2. The Hall–Kier alpha value is -2.88. The zero-order chi connectivity index (χ0) is 25.2. The number of aryl methyl sites for hydroxylation is 2. The first-order valence-corrected chi connectivity index (χ1v) is 12.6. The van der Waals surface area contributed by atoms with Crippen molar-refractivity contribution in [1.82, 2.24) is 15.1 Å². The fourth-order valence-corrected chi connectivity index (χ4v) is 5.67. The molecule has 0 aliphatic carbocycles. The fraction of sp³-hybridized carbons (Fsp3) is 0.483. The van der Waals surface area contributed by atoms with Gasteiger partial charge in [-0.25, -0.2) is 11.4 Å². The zero-order valence-corrected chi connectivity index (χ0v) is 22.5. The van der Waals surface area contributed by atoms with Crippen molar-refractivity contribution >= 4 is 24.3 Å². The average Bonchev–Trinajstić information content (AvgIpc) is 3.11. The lowest BCUT2D eigenvalue weighted by atomic mass is 9.79. The summed E-state index contributed by atoms with van der Waals surface area (Å²) in [4.78, 5) is 34.3. The van der Waals surface area contributed by atoms with E-state index in [1.807, 2.05) is 57.2 Å². The first-order chi connectivity index (χ1) is 16.7. The molecule has 7 heteroatoms. The summed E-state index contributed by atoms with van der Waals surface area (Å²) in [6, 6.07) is 15.8. The van der Waals surface area contributed by atoms with Crippen LogP contribution >= 0.6 is 12.4 Å². The Morgan fingerprint density at radius 1 is 1.00 bits per heavy atom. The molecule has 0 radical (unpaired) electrons. The van der Waals surface area contributed by atoms with Gasteiger partial charge in [-0.05, 0) is 43.9 Å². The van der Waals surface area contributed by atoms with Gasteiger partial charge in [-0.1, -0.05) is 67.9 Å². The average molecular weight is 509 g/mol. The van der Waals surface area contributed by atoms with E-state index in [-0.39, 0.29) is 30.3 Å². The van der Waals surface area contributed by atoms with Crippen LogP contribution < -0.4 is 5.32 Å². The number of carbonyl (C=O) groups excluding carboxylic acids is 2. The highest BCUT2D eigenvalue weighted by Crippen LogP contribution is 2.39. The van der Waals surface area contributed by atoms with Gasteiger partial charge in [-0.3, -0.25) is 9.69 Å². The molecule has 192 valence electrons. The lowest BCUT2D eigenvalue weighted by molar-refractivity contribution is -0.133. The van der Waals surface area contributed by atoms with E-state index in [0.29, 0.717) is 6.54 Å². The van der Waals surface area contributed by atoms with Crippen molar-refractivity contribution in [3.05, 3.63) is 82.2 Å². The SMILES string of the molecule is Cl.[C-]#[N+]C1(c2ccccc2C)CCN(CCCN2C(=O)NC(c3ccc(C)cc3)(C(C)C)C2=O)CC1. The molecule has 2 saturated heterocycles. The maximum absolute atomic E-state index is 13.6. The number of hydrogen-bond acceptors (Lipinski definition) is 3. The molecule has 4 rings (SSSR count). The number of halogens is 1. The van der Waals surface area contributed by atoms with E-state index >= 15 is 0 Å². The predicted octanol–water partition coefficient (Wildman–Crippen LogP) is 5.43. The standard InChI is InChI=1S/C29H36N4O2.ClH/c1-21(2)29(24-13-11-22(3)12-14-24)26(34)33(27(35)31-29)18-8-17-32-19-15-28(30-5,16-20-32)25-10-7-6-9-23(25)4;/h6-7,9-14,21H,8,15-20H2,1-4H3,(H,31,35);1H. The molecule has 2 aromatic rings.